The number of fused-ring (bicyclic) bond motifs is 1. The molecule has 0 aromatic heterocycles. The van der Waals surface area contributed by atoms with Crippen molar-refractivity contribution >= 4 is 15.7 Å². The number of benzene rings is 1. The van der Waals surface area contributed by atoms with E-state index in [4.69, 9.17) is 0 Å². The van der Waals surface area contributed by atoms with Gasteiger partial charge < -0.3 is 0 Å². The molecule has 162 valence electrons. The van der Waals surface area contributed by atoms with Crippen LogP contribution in [-0.4, -0.2) is 14.1 Å². The maximum Gasteiger partial charge on any atom is 0.276 e. The standard InChI is InChI=1S/C26H30N2O2S/c1-17-7-9-22(10-8-17)31(29,30)28-27-25-16-26(24-6-4-2-3-5-23(24)25)20-12-18-11-19(14-20)15-21(26)13-18/h2-10,18-21,24,28H,11-16H2,1H3/b27-25+. The predicted octanol–water partition coefficient (Wildman–Crippen LogP) is 5.14. The third-order valence-corrected chi connectivity index (χ3v) is 10.0. The van der Waals surface area contributed by atoms with E-state index >= 15 is 0 Å². The van der Waals surface area contributed by atoms with Crippen LogP contribution in [0.3, 0.4) is 0 Å². The lowest BCUT2D eigenvalue weighted by Gasteiger charge is -2.62. The molecule has 5 saturated carbocycles. The van der Waals surface area contributed by atoms with Crippen LogP contribution in [0.2, 0.25) is 0 Å². The van der Waals surface area contributed by atoms with Gasteiger partial charge in [-0.05, 0) is 92.2 Å². The second-order valence-corrected chi connectivity index (χ2v) is 12.1. The van der Waals surface area contributed by atoms with Crippen LogP contribution in [-0.2, 0) is 10.0 Å². The number of hydrazone groups is 1. The van der Waals surface area contributed by atoms with E-state index in [2.05, 4.69) is 40.3 Å². The van der Waals surface area contributed by atoms with E-state index in [9.17, 15) is 8.42 Å². The summed E-state index contributed by atoms with van der Waals surface area (Å²) in [6.45, 7) is 1.95. The molecular weight excluding hydrogens is 404 g/mol. The quantitative estimate of drug-likeness (QED) is 0.669. The molecule has 1 N–H and O–H groups in total. The summed E-state index contributed by atoms with van der Waals surface area (Å²) in [5.74, 6) is 3.65. The maximum absolute atomic E-state index is 12.9. The Morgan fingerprint density at radius 1 is 0.935 bits per heavy atom. The zero-order valence-electron chi connectivity index (χ0n) is 18.0. The molecule has 1 aromatic carbocycles. The summed E-state index contributed by atoms with van der Waals surface area (Å²) < 4.78 is 25.8. The lowest BCUT2D eigenvalue weighted by molar-refractivity contribution is -0.114. The van der Waals surface area contributed by atoms with Crippen molar-refractivity contribution in [2.45, 2.75) is 50.3 Å². The van der Waals surface area contributed by atoms with E-state index < -0.39 is 10.0 Å². The van der Waals surface area contributed by atoms with Crippen LogP contribution in [0.25, 0.3) is 0 Å². The molecule has 1 aromatic rings. The highest BCUT2D eigenvalue weighted by atomic mass is 32.2. The lowest BCUT2D eigenvalue weighted by Crippen LogP contribution is -2.54. The van der Waals surface area contributed by atoms with Gasteiger partial charge in [0.1, 0.15) is 0 Å². The Morgan fingerprint density at radius 3 is 2.29 bits per heavy atom. The van der Waals surface area contributed by atoms with Crippen molar-refractivity contribution in [3.8, 4) is 0 Å². The first kappa shape index (κ1) is 19.5. The fourth-order valence-electron chi connectivity index (χ4n) is 7.70. The third kappa shape index (κ3) is 3.00. The molecule has 6 aliphatic rings. The first-order valence-corrected chi connectivity index (χ1v) is 13.1. The number of nitrogens with one attached hydrogen (secondary N) is 1. The molecule has 4 bridgehead atoms. The predicted molar refractivity (Wildman–Crippen MR) is 123 cm³/mol. The van der Waals surface area contributed by atoms with Gasteiger partial charge >= 0.3 is 0 Å². The molecule has 5 heteroatoms. The zero-order chi connectivity index (χ0) is 21.2. The average molecular weight is 435 g/mol. The molecule has 0 saturated heterocycles. The lowest BCUT2D eigenvalue weighted by atomic mass is 9.43. The molecule has 5 fully saturated rings. The fraction of sp³-hybridized carbons (Fsp3) is 0.500. The highest BCUT2D eigenvalue weighted by Crippen LogP contribution is 2.69. The van der Waals surface area contributed by atoms with Crippen LogP contribution in [0.5, 0.6) is 0 Å². The molecule has 0 radical (unpaired) electrons. The van der Waals surface area contributed by atoms with E-state index in [1.807, 2.05) is 19.1 Å². The minimum absolute atomic E-state index is 0.218. The minimum Gasteiger partial charge on any atom is -0.200 e. The molecule has 31 heavy (non-hydrogen) atoms. The molecule has 0 aliphatic heterocycles. The van der Waals surface area contributed by atoms with E-state index in [1.54, 1.807) is 12.1 Å². The molecule has 1 unspecified atom stereocenters. The van der Waals surface area contributed by atoms with Crippen molar-refractivity contribution in [3.05, 3.63) is 65.8 Å². The first-order valence-electron chi connectivity index (χ1n) is 11.7. The zero-order valence-corrected chi connectivity index (χ0v) is 18.8. The Kier molecular flexibility index (Phi) is 4.37. The van der Waals surface area contributed by atoms with Crippen LogP contribution >= 0.6 is 0 Å². The molecule has 1 atom stereocenters. The maximum atomic E-state index is 12.9. The van der Waals surface area contributed by atoms with Gasteiger partial charge in [-0.2, -0.15) is 18.4 Å². The monoisotopic (exact) mass is 434 g/mol. The number of hydrogen-bond donors (Lipinski definition) is 1. The molecule has 6 aliphatic carbocycles. The number of aryl methyl sites for hydroxylation is 1. The van der Waals surface area contributed by atoms with Gasteiger partial charge in [0, 0.05) is 5.92 Å². The van der Waals surface area contributed by atoms with Crippen molar-refractivity contribution in [1.29, 1.82) is 0 Å². The van der Waals surface area contributed by atoms with Gasteiger partial charge in [0.15, 0.2) is 0 Å². The summed E-state index contributed by atoms with van der Waals surface area (Å²) in [5, 5.41) is 4.57. The average Bonchev–Trinajstić information content (AvgIpc) is 2.87. The summed E-state index contributed by atoms with van der Waals surface area (Å²) in [5.41, 5.74) is 3.40. The molecule has 4 nitrogen and oxygen atoms in total. The van der Waals surface area contributed by atoms with Crippen LogP contribution in [0, 0.1) is 41.9 Å². The van der Waals surface area contributed by atoms with Gasteiger partial charge in [0.25, 0.3) is 10.0 Å². The number of sulfonamides is 1. The van der Waals surface area contributed by atoms with Gasteiger partial charge in [-0.1, -0.05) is 48.1 Å². The Balaban J connectivity index is 1.36. The summed E-state index contributed by atoms with van der Waals surface area (Å²) >= 11 is 0. The number of rotatable bonds is 3. The largest absolute Gasteiger partial charge is 0.276 e. The SMILES string of the molecule is Cc1ccc(S(=O)(=O)N/N=C2\CC3(C4CC5CC(C4)CC3C5)C3C=CC=CC=C23)cc1. The van der Waals surface area contributed by atoms with Crippen molar-refractivity contribution in [2.24, 2.45) is 40.1 Å². The molecular formula is C26H30N2O2S. The Labute approximate surface area is 185 Å². The van der Waals surface area contributed by atoms with E-state index in [0.717, 1.165) is 41.4 Å². The topological polar surface area (TPSA) is 58.5 Å². The van der Waals surface area contributed by atoms with Crippen LogP contribution in [0.1, 0.15) is 44.1 Å². The third-order valence-electron chi connectivity index (χ3n) is 8.81. The summed E-state index contributed by atoms with van der Waals surface area (Å²) in [6.07, 6.45) is 18.6. The Hall–Kier alpha value is -2.14. The second kappa shape index (κ2) is 6.93. The highest BCUT2D eigenvalue weighted by molar-refractivity contribution is 7.89. The normalized spacial score (nSPS) is 39.1. The molecule has 1 spiro atoms. The van der Waals surface area contributed by atoms with Crippen LogP contribution < -0.4 is 4.83 Å². The highest BCUT2D eigenvalue weighted by Gasteiger charge is 2.63. The van der Waals surface area contributed by atoms with Crippen molar-refractivity contribution in [3.63, 3.8) is 0 Å². The van der Waals surface area contributed by atoms with Crippen molar-refractivity contribution in [1.82, 2.24) is 4.83 Å². The van der Waals surface area contributed by atoms with Crippen LogP contribution in [0.15, 0.2) is 70.2 Å². The number of allylic oxidation sites excluding steroid dienone is 6. The smallest absolute Gasteiger partial charge is 0.200 e. The van der Waals surface area contributed by atoms with E-state index in [-0.39, 0.29) is 10.3 Å². The molecule has 0 heterocycles. The van der Waals surface area contributed by atoms with Crippen LogP contribution in [0.4, 0.5) is 0 Å². The van der Waals surface area contributed by atoms with Gasteiger partial charge in [0.05, 0.1) is 10.6 Å². The van der Waals surface area contributed by atoms with E-state index in [1.165, 1.54) is 37.7 Å². The van der Waals surface area contributed by atoms with Crippen molar-refractivity contribution < 1.29 is 8.42 Å². The van der Waals surface area contributed by atoms with Gasteiger partial charge in [-0.25, -0.2) is 0 Å². The van der Waals surface area contributed by atoms with Crippen molar-refractivity contribution in [2.75, 3.05) is 0 Å². The summed E-state index contributed by atoms with van der Waals surface area (Å²) in [7, 11) is -3.67. The van der Waals surface area contributed by atoms with Gasteiger partial charge in [0.2, 0.25) is 0 Å². The summed E-state index contributed by atoms with van der Waals surface area (Å²) in [6, 6.07) is 6.93. The Morgan fingerprint density at radius 2 is 1.61 bits per heavy atom. The number of hydrogen-bond acceptors (Lipinski definition) is 3. The minimum atomic E-state index is -3.67. The van der Waals surface area contributed by atoms with Gasteiger partial charge in [-0.3, -0.25) is 0 Å². The van der Waals surface area contributed by atoms with E-state index in [0.29, 0.717) is 5.92 Å². The summed E-state index contributed by atoms with van der Waals surface area (Å²) in [4.78, 5) is 2.83. The Bertz CT molecular complexity index is 1100. The number of nitrogens with zero attached hydrogens (tertiary/aromatic N) is 1. The van der Waals surface area contributed by atoms with Gasteiger partial charge in [-0.15, -0.1) is 0 Å². The molecule has 0 amide bonds. The second-order valence-electron chi connectivity index (χ2n) is 10.4. The fourth-order valence-corrected chi connectivity index (χ4v) is 8.53. The molecule has 7 rings (SSSR count). The first-order chi connectivity index (χ1) is 15.0.